The van der Waals surface area contributed by atoms with Crippen LogP contribution in [0.1, 0.15) is 39.2 Å². The van der Waals surface area contributed by atoms with Crippen molar-refractivity contribution in [3.63, 3.8) is 0 Å². The van der Waals surface area contributed by atoms with Gasteiger partial charge in [-0.15, -0.1) is 0 Å². The van der Waals surface area contributed by atoms with Crippen LogP contribution in [0, 0.1) is 5.92 Å². The van der Waals surface area contributed by atoms with Crippen LogP contribution in [0.3, 0.4) is 0 Å². The van der Waals surface area contributed by atoms with E-state index in [0.717, 1.165) is 0 Å². The molecule has 0 saturated heterocycles. The average molecular weight is 537 g/mol. The largest absolute Gasteiger partial charge is 0.508 e. The fourth-order valence-corrected chi connectivity index (χ4v) is 3.31. The highest BCUT2D eigenvalue weighted by Crippen LogP contribution is 2.11. The molecule has 5 amide bonds. The van der Waals surface area contributed by atoms with E-state index in [4.69, 9.17) is 11.5 Å². The smallest absolute Gasteiger partial charge is 0.326 e. The highest BCUT2D eigenvalue weighted by molar-refractivity contribution is 5.94. The lowest BCUT2D eigenvalue weighted by Gasteiger charge is -2.23. The van der Waals surface area contributed by atoms with Crippen molar-refractivity contribution in [2.75, 3.05) is 6.54 Å². The Kier molecular flexibility index (Phi) is 12.7. The van der Waals surface area contributed by atoms with Gasteiger partial charge in [0.15, 0.2) is 0 Å². The molecule has 1 rings (SSSR count). The summed E-state index contributed by atoms with van der Waals surface area (Å²) in [4.78, 5) is 72.1. The summed E-state index contributed by atoms with van der Waals surface area (Å²) < 4.78 is 0. The van der Waals surface area contributed by atoms with Crippen molar-refractivity contribution in [3.8, 4) is 5.75 Å². The number of nitrogens with one attached hydrogen (secondary N) is 4. The zero-order valence-electron chi connectivity index (χ0n) is 21.5. The van der Waals surface area contributed by atoms with E-state index in [0.29, 0.717) is 5.56 Å². The van der Waals surface area contributed by atoms with E-state index < -0.39 is 72.6 Å². The molecule has 14 heteroatoms. The van der Waals surface area contributed by atoms with Crippen molar-refractivity contribution in [1.82, 2.24) is 21.3 Å². The van der Waals surface area contributed by atoms with Gasteiger partial charge in [0.05, 0.1) is 19.0 Å². The molecule has 0 spiro atoms. The number of carboxylic acid groups (broad SMARTS) is 1. The number of primary amides is 1. The number of phenolic OH excluding ortho intramolecular Hbond substituents is 1. The van der Waals surface area contributed by atoms with E-state index in [9.17, 15) is 39.0 Å². The molecule has 14 nitrogen and oxygen atoms in total. The van der Waals surface area contributed by atoms with Crippen molar-refractivity contribution in [1.29, 1.82) is 0 Å². The fourth-order valence-electron chi connectivity index (χ4n) is 3.31. The zero-order valence-corrected chi connectivity index (χ0v) is 21.5. The van der Waals surface area contributed by atoms with Crippen LogP contribution in [-0.4, -0.2) is 76.4 Å². The summed E-state index contributed by atoms with van der Waals surface area (Å²) in [5, 5.41) is 27.9. The summed E-state index contributed by atoms with van der Waals surface area (Å²) in [5.74, 6) is -5.21. The number of benzene rings is 1. The van der Waals surface area contributed by atoms with Gasteiger partial charge in [0.2, 0.25) is 29.5 Å². The standard InChI is InChI=1S/C24H36N6O8/c1-12(2)8-17(23(36)30-18(24(37)38)10-19(26)32)29-20(33)11-27-21(34)13(3)28-22(35)16(25)9-14-4-6-15(31)7-5-14/h4-7,12-13,16-18,31H,8-11,25H2,1-3H3,(H2,26,32)(H,27,34)(H,28,35)(H,29,33)(H,30,36)(H,37,38)/t13-,16+,17+,18+/m1/s1. The Bertz CT molecular complexity index is 1010. The molecule has 10 N–H and O–H groups in total. The first kappa shape index (κ1) is 31.8. The Hall–Kier alpha value is -4.20. The van der Waals surface area contributed by atoms with Gasteiger partial charge >= 0.3 is 5.97 Å². The molecule has 0 saturated carbocycles. The van der Waals surface area contributed by atoms with Crippen molar-refractivity contribution < 1.29 is 39.0 Å². The quantitative estimate of drug-likeness (QED) is 0.122. The van der Waals surface area contributed by atoms with Crippen LogP contribution in [0.15, 0.2) is 24.3 Å². The van der Waals surface area contributed by atoms with Crippen molar-refractivity contribution in [2.24, 2.45) is 17.4 Å². The Balaban J connectivity index is 2.62. The van der Waals surface area contributed by atoms with Gasteiger partial charge in [-0.25, -0.2) is 4.79 Å². The Labute approximate surface area is 219 Å². The van der Waals surface area contributed by atoms with Crippen LogP contribution in [0.5, 0.6) is 5.75 Å². The van der Waals surface area contributed by atoms with Crippen molar-refractivity contribution >= 4 is 35.5 Å². The maximum absolute atomic E-state index is 12.6. The van der Waals surface area contributed by atoms with Gasteiger partial charge in [0.25, 0.3) is 0 Å². The number of rotatable bonds is 15. The number of carboxylic acids is 1. The van der Waals surface area contributed by atoms with Crippen LogP contribution in [-0.2, 0) is 35.2 Å². The summed E-state index contributed by atoms with van der Waals surface area (Å²) in [5.41, 5.74) is 11.6. The predicted molar refractivity (Wildman–Crippen MR) is 135 cm³/mol. The van der Waals surface area contributed by atoms with Gasteiger partial charge < -0.3 is 42.9 Å². The van der Waals surface area contributed by atoms with E-state index in [-0.39, 0.29) is 24.5 Å². The third-order valence-electron chi connectivity index (χ3n) is 5.28. The lowest BCUT2D eigenvalue weighted by molar-refractivity contribution is -0.143. The molecule has 0 heterocycles. The molecule has 0 unspecified atom stereocenters. The molecule has 1 aromatic carbocycles. The third-order valence-corrected chi connectivity index (χ3v) is 5.28. The van der Waals surface area contributed by atoms with Crippen LogP contribution < -0.4 is 32.7 Å². The summed E-state index contributed by atoms with van der Waals surface area (Å²) in [6.45, 7) is 4.44. The number of hydrogen-bond donors (Lipinski definition) is 8. The summed E-state index contributed by atoms with van der Waals surface area (Å²) in [7, 11) is 0. The predicted octanol–water partition coefficient (Wildman–Crippen LogP) is -2.14. The second-order valence-corrected chi connectivity index (χ2v) is 9.24. The first-order valence-electron chi connectivity index (χ1n) is 11.9. The first-order valence-corrected chi connectivity index (χ1v) is 11.9. The topological polar surface area (TPSA) is 243 Å². The van der Waals surface area contributed by atoms with Crippen LogP contribution in [0.25, 0.3) is 0 Å². The summed E-state index contributed by atoms with van der Waals surface area (Å²) in [6, 6.07) is 1.47. The molecular weight excluding hydrogens is 500 g/mol. The molecule has 0 aliphatic heterocycles. The maximum Gasteiger partial charge on any atom is 0.326 e. The van der Waals surface area contributed by atoms with E-state index in [1.165, 1.54) is 19.1 Å². The molecule has 0 aliphatic carbocycles. The van der Waals surface area contributed by atoms with Gasteiger partial charge in [-0.1, -0.05) is 26.0 Å². The Morgan fingerprint density at radius 1 is 0.868 bits per heavy atom. The number of hydrogen-bond acceptors (Lipinski definition) is 8. The van der Waals surface area contributed by atoms with Crippen LogP contribution in [0.2, 0.25) is 0 Å². The molecule has 38 heavy (non-hydrogen) atoms. The van der Waals surface area contributed by atoms with Crippen LogP contribution in [0.4, 0.5) is 0 Å². The maximum atomic E-state index is 12.6. The Morgan fingerprint density at radius 3 is 2.00 bits per heavy atom. The second kappa shape index (κ2) is 15.1. The molecular formula is C24H36N6O8. The van der Waals surface area contributed by atoms with Gasteiger partial charge in [-0.2, -0.15) is 0 Å². The zero-order chi connectivity index (χ0) is 29.0. The highest BCUT2D eigenvalue weighted by Gasteiger charge is 2.28. The summed E-state index contributed by atoms with van der Waals surface area (Å²) in [6.07, 6.45) is -0.300. The minimum absolute atomic E-state index is 0.0684. The highest BCUT2D eigenvalue weighted by atomic mass is 16.4. The molecule has 0 aliphatic rings. The minimum Gasteiger partial charge on any atom is -0.508 e. The summed E-state index contributed by atoms with van der Waals surface area (Å²) >= 11 is 0. The number of nitrogens with two attached hydrogens (primary N) is 2. The number of aliphatic carboxylic acids is 1. The van der Waals surface area contributed by atoms with Gasteiger partial charge in [-0.05, 0) is 43.4 Å². The molecule has 4 atom stereocenters. The molecule has 210 valence electrons. The lowest BCUT2D eigenvalue weighted by atomic mass is 10.0. The van der Waals surface area contributed by atoms with Gasteiger partial charge in [0.1, 0.15) is 23.9 Å². The van der Waals surface area contributed by atoms with E-state index in [1.807, 2.05) is 0 Å². The fraction of sp³-hybridized carbons (Fsp3) is 0.500. The molecule has 0 radical (unpaired) electrons. The number of carbonyl (C=O) groups is 6. The number of carbonyl (C=O) groups excluding carboxylic acids is 5. The molecule has 0 bridgehead atoms. The average Bonchev–Trinajstić information content (AvgIpc) is 2.82. The number of phenols is 1. The van der Waals surface area contributed by atoms with Gasteiger partial charge in [-0.3, -0.25) is 24.0 Å². The molecule has 0 aromatic heterocycles. The molecule has 1 aromatic rings. The Morgan fingerprint density at radius 2 is 1.47 bits per heavy atom. The SMILES string of the molecule is CC(C)C[C@H](NC(=O)CNC(=O)[C@@H](C)NC(=O)[C@@H](N)Cc1ccc(O)cc1)C(=O)N[C@@H](CC(N)=O)C(=O)O. The van der Waals surface area contributed by atoms with Gasteiger partial charge in [0, 0.05) is 0 Å². The third kappa shape index (κ3) is 11.7. The molecule has 0 fully saturated rings. The van der Waals surface area contributed by atoms with Crippen molar-refractivity contribution in [2.45, 2.75) is 64.2 Å². The second-order valence-electron chi connectivity index (χ2n) is 9.24. The monoisotopic (exact) mass is 536 g/mol. The number of amides is 5. The van der Waals surface area contributed by atoms with Crippen molar-refractivity contribution in [3.05, 3.63) is 29.8 Å². The van der Waals surface area contributed by atoms with E-state index >= 15 is 0 Å². The van der Waals surface area contributed by atoms with Crippen LogP contribution >= 0.6 is 0 Å². The number of aromatic hydroxyl groups is 1. The first-order chi connectivity index (χ1) is 17.7. The van der Waals surface area contributed by atoms with E-state index in [1.54, 1.807) is 26.0 Å². The normalized spacial score (nSPS) is 13.9. The minimum atomic E-state index is -1.56. The van der Waals surface area contributed by atoms with E-state index in [2.05, 4.69) is 21.3 Å². The lowest BCUT2D eigenvalue weighted by Crippen LogP contribution is -2.55.